The molecule has 37 heavy (non-hydrogen) atoms. The maximum Gasteiger partial charge on any atom is 0.270 e. The summed E-state index contributed by atoms with van der Waals surface area (Å²) in [4.78, 5) is 54.1. The number of fused-ring (bicyclic) bond motifs is 2. The summed E-state index contributed by atoms with van der Waals surface area (Å²) in [6.45, 7) is 1.76. The molecule has 2 amide bonds. The number of nitrogens with zero attached hydrogens (tertiary/aromatic N) is 3. The number of carbonyl (C=O) groups is 4. The van der Waals surface area contributed by atoms with Gasteiger partial charge in [-0.1, -0.05) is 25.3 Å². The Morgan fingerprint density at radius 2 is 2.03 bits per heavy atom. The lowest BCUT2D eigenvalue weighted by atomic mass is 9.81. The Labute approximate surface area is 211 Å². The molecule has 10 nitrogen and oxygen atoms in total. The summed E-state index contributed by atoms with van der Waals surface area (Å²) in [7, 11) is 0. The van der Waals surface area contributed by atoms with Gasteiger partial charge in [-0.25, -0.2) is 13.9 Å². The van der Waals surface area contributed by atoms with E-state index in [0.29, 0.717) is 18.1 Å². The van der Waals surface area contributed by atoms with Gasteiger partial charge in [0.15, 0.2) is 23.0 Å². The van der Waals surface area contributed by atoms with Crippen LogP contribution in [-0.2, 0) is 22.6 Å². The molecule has 5 rings (SSSR count). The fourth-order valence-corrected chi connectivity index (χ4v) is 4.44. The zero-order valence-electron chi connectivity index (χ0n) is 20.3. The maximum atomic E-state index is 14.4. The Balaban J connectivity index is 1.31. The number of aromatic nitrogens is 3. The zero-order chi connectivity index (χ0) is 26.1. The predicted octanol–water partition coefficient (Wildman–Crippen LogP) is 2.18. The SMILES string of the molecule is C[C@H](NC(=O)c1cc(C(=O)NCc2ccc3c(c2)CC(=O)CO3)nc2c(F)cnn12)C(=O)CC1CCC1. The van der Waals surface area contributed by atoms with Crippen molar-refractivity contribution in [3.05, 3.63) is 58.8 Å². The lowest BCUT2D eigenvalue weighted by Gasteiger charge is -2.25. The van der Waals surface area contributed by atoms with Gasteiger partial charge in [-0.2, -0.15) is 5.10 Å². The van der Waals surface area contributed by atoms with E-state index in [9.17, 15) is 23.6 Å². The van der Waals surface area contributed by atoms with Crippen molar-refractivity contribution >= 4 is 29.0 Å². The average Bonchev–Trinajstić information content (AvgIpc) is 3.24. The normalized spacial score (nSPS) is 15.9. The van der Waals surface area contributed by atoms with Crippen molar-refractivity contribution < 1.29 is 28.3 Å². The fraction of sp³-hybridized carbons (Fsp3) is 0.385. The van der Waals surface area contributed by atoms with Crippen LogP contribution in [0.3, 0.4) is 0 Å². The van der Waals surface area contributed by atoms with Gasteiger partial charge in [-0.3, -0.25) is 19.2 Å². The summed E-state index contributed by atoms with van der Waals surface area (Å²) in [6.07, 6.45) is 4.71. The minimum Gasteiger partial charge on any atom is -0.486 e. The lowest BCUT2D eigenvalue weighted by molar-refractivity contribution is -0.122. The maximum absolute atomic E-state index is 14.4. The number of nitrogens with one attached hydrogen (secondary N) is 2. The number of Topliss-reactive ketones (excluding diaryl/α,β-unsaturated/α-hetero) is 2. The van der Waals surface area contributed by atoms with Gasteiger partial charge < -0.3 is 15.4 Å². The smallest absolute Gasteiger partial charge is 0.270 e. The molecule has 2 aromatic heterocycles. The van der Waals surface area contributed by atoms with E-state index in [4.69, 9.17) is 4.74 Å². The van der Waals surface area contributed by atoms with Crippen molar-refractivity contribution in [2.24, 2.45) is 5.92 Å². The molecule has 11 heteroatoms. The molecule has 2 N–H and O–H groups in total. The monoisotopic (exact) mass is 507 g/mol. The standard InChI is InChI=1S/C26H26FN5O5/c1-14(22(34)8-15-3-2-4-15)30-26(36)21-10-20(31-24-19(27)12-29-32(21)24)25(35)28-11-16-5-6-23-17(7-16)9-18(33)13-37-23/h5-7,10,12,14-15H,2-4,8-9,11,13H2,1H3,(H,28,35)(H,30,36)/t14-/m0/s1. The molecule has 1 aromatic carbocycles. The Bertz CT molecular complexity index is 1410. The van der Waals surface area contributed by atoms with Crippen LogP contribution >= 0.6 is 0 Å². The molecule has 1 atom stereocenters. The summed E-state index contributed by atoms with van der Waals surface area (Å²) in [5.74, 6) is -1.21. The first-order valence-electron chi connectivity index (χ1n) is 12.2. The number of ketones is 2. The van der Waals surface area contributed by atoms with Crippen LogP contribution in [0.25, 0.3) is 5.65 Å². The van der Waals surface area contributed by atoms with Crippen molar-refractivity contribution in [2.75, 3.05) is 6.61 Å². The third-order valence-corrected chi connectivity index (χ3v) is 6.79. The molecule has 0 bridgehead atoms. The van der Waals surface area contributed by atoms with E-state index < -0.39 is 23.7 Å². The molecule has 1 aliphatic carbocycles. The van der Waals surface area contributed by atoms with Gasteiger partial charge in [0.25, 0.3) is 11.8 Å². The third-order valence-electron chi connectivity index (χ3n) is 6.79. The van der Waals surface area contributed by atoms with Crippen LogP contribution in [-0.4, -0.2) is 50.6 Å². The molecule has 0 spiro atoms. The number of hydrogen-bond donors (Lipinski definition) is 2. The van der Waals surface area contributed by atoms with Crippen LogP contribution in [0.1, 0.15) is 64.7 Å². The molecule has 3 aromatic rings. The summed E-state index contributed by atoms with van der Waals surface area (Å²) in [6, 6.07) is 5.76. The minimum atomic E-state index is -0.794. The summed E-state index contributed by atoms with van der Waals surface area (Å²) < 4.78 is 20.7. The molecular formula is C26H26FN5O5. The highest BCUT2D eigenvalue weighted by atomic mass is 19.1. The second-order valence-electron chi connectivity index (χ2n) is 9.55. The van der Waals surface area contributed by atoms with Crippen LogP contribution in [0.4, 0.5) is 4.39 Å². The van der Waals surface area contributed by atoms with Gasteiger partial charge in [-0.05, 0) is 30.5 Å². The fourth-order valence-electron chi connectivity index (χ4n) is 4.44. The van der Waals surface area contributed by atoms with Crippen LogP contribution in [0.5, 0.6) is 5.75 Å². The topological polar surface area (TPSA) is 132 Å². The van der Waals surface area contributed by atoms with Crippen LogP contribution in [0.2, 0.25) is 0 Å². The first kappa shape index (κ1) is 24.5. The molecule has 0 saturated heterocycles. The first-order chi connectivity index (χ1) is 17.8. The van der Waals surface area contributed by atoms with Crippen LogP contribution in [0.15, 0.2) is 30.5 Å². The molecule has 0 radical (unpaired) electrons. The highest BCUT2D eigenvalue weighted by Gasteiger charge is 2.26. The second-order valence-corrected chi connectivity index (χ2v) is 9.55. The van der Waals surface area contributed by atoms with Gasteiger partial charge in [0.2, 0.25) is 0 Å². The Morgan fingerprint density at radius 3 is 2.78 bits per heavy atom. The molecule has 1 saturated carbocycles. The minimum absolute atomic E-state index is 0.0288. The second kappa shape index (κ2) is 10.1. The zero-order valence-corrected chi connectivity index (χ0v) is 20.3. The number of rotatable bonds is 8. The summed E-state index contributed by atoms with van der Waals surface area (Å²) >= 11 is 0. The van der Waals surface area contributed by atoms with E-state index in [2.05, 4.69) is 20.7 Å². The molecule has 3 heterocycles. The number of benzene rings is 1. The quantitative estimate of drug-likeness (QED) is 0.478. The number of ether oxygens (including phenoxy) is 1. The van der Waals surface area contributed by atoms with Crippen LogP contribution in [0, 0.1) is 11.7 Å². The van der Waals surface area contributed by atoms with E-state index in [-0.39, 0.29) is 48.2 Å². The molecule has 0 unspecified atom stereocenters. The largest absolute Gasteiger partial charge is 0.486 e. The van der Waals surface area contributed by atoms with E-state index in [1.165, 1.54) is 6.07 Å². The molecular weight excluding hydrogens is 481 g/mol. The van der Waals surface area contributed by atoms with E-state index in [1.54, 1.807) is 25.1 Å². The van der Waals surface area contributed by atoms with Crippen molar-refractivity contribution in [3.63, 3.8) is 0 Å². The van der Waals surface area contributed by atoms with Crippen molar-refractivity contribution in [1.82, 2.24) is 25.2 Å². The predicted molar refractivity (Wildman–Crippen MR) is 129 cm³/mol. The molecule has 1 aliphatic heterocycles. The van der Waals surface area contributed by atoms with Crippen molar-refractivity contribution in [1.29, 1.82) is 0 Å². The number of hydrogen-bond acceptors (Lipinski definition) is 7. The van der Waals surface area contributed by atoms with Crippen LogP contribution < -0.4 is 15.4 Å². The van der Waals surface area contributed by atoms with Crippen molar-refractivity contribution in [2.45, 2.75) is 51.6 Å². The summed E-state index contributed by atoms with van der Waals surface area (Å²) in [5.41, 5.74) is 0.895. The molecule has 1 fully saturated rings. The van der Waals surface area contributed by atoms with Crippen molar-refractivity contribution in [3.8, 4) is 5.75 Å². The lowest BCUT2D eigenvalue weighted by Crippen LogP contribution is -2.40. The van der Waals surface area contributed by atoms with Gasteiger partial charge in [0.05, 0.1) is 12.2 Å². The number of carbonyl (C=O) groups excluding carboxylic acids is 4. The highest BCUT2D eigenvalue weighted by molar-refractivity contribution is 6.00. The first-order valence-corrected chi connectivity index (χ1v) is 12.2. The average molecular weight is 508 g/mol. The Hall–Kier alpha value is -4.15. The summed E-state index contributed by atoms with van der Waals surface area (Å²) in [5, 5.41) is 9.21. The van der Waals surface area contributed by atoms with E-state index >= 15 is 0 Å². The number of amides is 2. The highest BCUT2D eigenvalue weighted by Crippen LogP contribution is 2.30. The number of halogens is 1. The third kappa shape index (κ3) is 5.20. The Morgan fingerprint density at radius 1 is 1.22 bits per heavy atom. The van der Waals surface area contributed by atoms with Gasteiger partial charge >= 0.3 is 0 Å². The van der Waals surface area contributed by atoms with Gasteiger partial charge in [0.1, 0.15) is 23.7 Å². The molecule has 192 valence electrons. The van der Waals surface area contributed by atoms with E-state index in [1.807, 2.05) is 0 Å². The van der Waals surface area contributed by atoms with E-state index in [0.717, 1.165) is 41.1 Å². The van der Waals surface area contributed by atoms with Gasteiger partial charge in [-0.15, -0.1) is 0 Å². The molecule has 2 aliphatic rings. The van der Waals surface area contributed by atoms with Gasteiger partial charge in [0, 0.05) is 31.0 Å². The Kier molecular flexibility index (Phi) is 6.68.